The highest BCUT2D eigenvalue weighted by atomic mass is 32.2. The molecule has 6 heteroatoms. The summed E-state index contributed by atoms with van der Waals surface area (Å²) in [5.41, 5.74) is 0.864. The zero-order valence-corrected chi connectivity index (χ0v) is 12.3. The summed E-state index contributed by atoms with van der Waals surface area (Å²) in [5, 5.41) is 9.84. The van der Waals surface area contributed by atoms with Crippen molar-refractivity contribution in [2.24, 2.45) is 0 Å². The molecule has 0 unspecified atom stereocenters. The number of para-hydroxylation sites is 1. The van der Waals surface area contributed by atoms with Gasteiger partial charge in [-0.25, -0.2) is 4.68 Å². The van der Waals surface area contributed by atoms with E-state index in [0.29, 0.717) is 11.1 Å². The molecule has 0 spiro atoms. The first-order valence-corrected chi connectivity index (χ1v) is 7.68. The summed E-state index contributed by atoms with van der Waals surface area (Å²) < 4.78 is 6.92. The van der Waals surface area contributed by atoms with E-state index in [-0.39, 0.29) is 0 Å². The van der Waals surface area contributed by atoms with E-state index in [4.69, 9.17) is 10.6 Å². The van der Waals surface area contributed by atoms with Gasteiger partial charge in [0, 0.05) is 5.25 Å². The predicted molar refractivity (Wildman–Crippen MR) is 80.3 cm³/mol. The highest BCUT2D eigenvalue weighted by Crippen LogP contribution is 2.35. The first-order chi connectivity index (χ1) is 9.79. The van der Waals surface area contributed by atoms with Gasteiger partial charge in [-0.3, -0.25) is 0 Å². The fourth-order valence-corrected chi connectivity index (χ4v) is 3.68. The number of methoxy groups -OCH3 is 1. The Labute approximate surface area is 122 Å². The molecule has 0 radical (unpaired) electrons. The van der Waals surface area contributed by atoms with Crippen LogP contribution in [0, 0.1) is 0 Å². The van der Waals surface area contributed by atoms with Crippen molar-refractivity contribution < 1.29 is 4.74 Å². The molecule has 0 atom stereocenters. The molecule has 0 aliphatic heterocycles. The van der Waals surface area contributed by atoms with Gasteiger partial charge in [-0.05, 0) is 25.0 Å². The number of rotatable bonds is 4. The minimum atomic E-state index is 0.618. The van der Waals surface area contributed by atoms with Crippen molar-refractivity contribution in [3.05, 3.63) is 24.3 Å². The predicted octanol–water partition coefficient (Wildman–Crippen LogP) is 2.70. The van der Waals surface area contributed by atoms with Gasteiger partial charge in [0.2, 0.25) is 5.16 Å². The van der Waals surface area contributed by atoms with Crippen molar-refractivity contribution in [2.75, 3.05) is 13.0 Å². The van der Waals surface area contributed by atoms with Crippen molar-refractivity contribution in [2.45, 2.75) is 36.1 Å². The van der Waals surface area contributed by atoms with Crippen LogP contribution in [0.25, 0.3) is 11.4 Å². The highest BCUT2D eigenvalue weighted by Gasteiger charge is 2.21. The molecule has 0 amide bonds. The molecule has 1 heterocycles. The minimum Gasteiger partial charge on any atom is -0.496 e. The monoisotopic (exact) mass is 290 g/mol. The van der Waals surface area contributed by atoms with Gasteiger partial charge in [-0.2, -0.15) is 0 Å². The van der Waals surface area contributed by atoms with E-state index in [1.54, 1.807) is 23.5 Å². The zero-order chi connectivity index (χ0) is 13.9. The number of thioether (sulfide) groups is 1. The van der Waals surface area contributed by atoms with E-state index < -0.39 is 0 Å². The number of ether oxygens (including phenoxy) is 1. The largest absolute Gasteiger partial charge is 0.496 e. The maximum Gasteiger partial charge on any atom is 0.210 e. The fraction of sp³-hybridized carbons (Fsp3) is 0.429. The van der Waals surface area contributed by atoms with Gasteiger partial charge < -0.3 is 10.6 Å². The lowest BCUT2D eigenvalue weighted by molar-refractivity contribution is 0.416. The van der Waals surface area contributed by atoms with E-state index in [0.717, 1.165) is 16.5 Å². The van der Waals surface area contributed by atoms with Crippen molar-refractivity contribution in [1.82, 2.24) is 14.9 Å². The third kappa shape index (κ3) is 2.47. The second-order valence-electron chi connectivity index (χ2n) is 4.90. The average Bonchev–Trinajstić information content (AvgIpc) is 3.11. The molecule has 0 saturated heterocycles. The van der Waals surface area contributed by atoms with Crippen LogP contribution < -0.4 is 10.6 Å². The van der Waals surface area contributed by atoms with Crippen molar-refractivity contribution in [1.29, 1.82) is 0 Å². The Kier molecular flexibility index (Phi) is 3.82. The van der Waals surface area contributed by atoms with Crippen LogP contribution in [0.15, 0.2) is 29.4 Å². The molecule has 1 aromatic heterocycles. The van der Waals surface area contributed by atoms with Gasteiger partial charge in [0.05, 0.1) is 12.7 Å². The Morgan fingerprint density at radius 1 is 1.25 bits per heavy atom. The molecule has 0 bridgehead atoms. The van der Waals surface area contributed by atoms with Gasteiger partial charge in [0.1, 0.15) is 5.75 Å². The molecule has 1 saturated carbocycles. The maximum absolute atomic E-state index is 6.15. The first-order valence-electron chi connectivity index (χ1n) is 6.80. The fourth-order valence-electron chi connectivity index (χ4n) is 2.53. The molecule has 1 aliphatic rings. The van der Waals surface area contributed by atoms with E-state index in [9.17, 15) is 0 Å². The molecule has 1 aromatic carbocycles. The van der Waals surface area contributed by atoms with Crippen LogP contribution in [0.1, 0.15) is 25.7 Å². The summed E-state index contributed by atoms with van der Waals surface area (Å²) in [6.07, 6.45) is 5.08. The normalized spacial score (nSPS) is 15.7. The van der Waals surface area contributed by atoms with E-state index >= 15 is 0 Å². The minimum absolute atomic E-state index is 0.618. The maximum atomic E-state index is 6.15. The van der Waals surface area contributed by atoms with Gasteiger partial charge in [-0.15, -0.1) is 10.2 Å². The van der Waals surface area contributed by atoms with E-state index in [1.807, 2.05) is 24.3 Å². The summed E-state index contributed by atoms with van der Waals surface area (Å²) >= 11 is 1.73. The smallest absolute Gasteiger partial charge is 0.210 e. The molecule has 3 rings (SSSR count). The molecule has 5 nitrogen and oxygen atoms in total. The van der Waals surface area contributed by atoms with Crippen molar-refractivity contribution in [3.63, 3.8) is 0 Å². The van der Waals surface area contributed by atoms with Crippen molar-refractivity contribution >= 4 is 11.8 Å². The van der Waals surface area contributed by atoms with Crippen LogP contribution in [0.4, 0.5) is 0 Å². The van der Waals surface area contributed by atoms with Crippen molar-refractivity contribution in [3.8, 4) is 17.1 Å². The summed E-state index contributed by atoms with van der Waals surface area (Å²) in [4.78, 5) is 0. The third-order valence-corrected chi connectivity index (χ3v) is 4.88. The number of nitrogens with two attached hydrogens (primary N) is 1. The van der Waals surface area contributed by atoms with Crippen LogP contribution in [0.5, 0.6) is 5.75 Å². The van der Waals surface area contributed by atoms with Gasteiger partial charge >= 0.3 is 0 Å². The number of hydrogen-bond acceptors (Lipinski definition) is 5. The molecule has 1 fully saturated rings. The second kappa shape index (κ2) is 5.75. The molecule has 2 N–H and O–H groups in total. The summed E-state index contributed by atoms with van der Waals surface area (Å²) in [6, 6.07) is 7.70. The number of benzene rings is 1. The summed E-state index contributed by atoms with van der Waals surface area (Å²) in [6.45, 7) is 0. The molecule has 1 aliphatic carbocycles. The lowest BCUT2D eigenvalue weighted by Gasteiger charge is -2.09. The van der Waals surface area contributed by atoms with E-state index in [1.165, 1.54) is 25.7 Å². The Balaban J connectivity index is 1.89. The summed E-state index contributed by atoms with van der Waals surface area (Å²) in [7, 11) is 1.64. The Bertz CT molecular complexity index is 593. The highest BCUT2D eigenvalue weighted by molar-refractivity contribution is 7.99. The SMILES string of the molecule is COc1ccccc1-c1nnc(SC2CCCC2)n1N. The topological polar surface area (TPSA) is 66.0 Å². The molecule has 2 aromatic rings. The van der Waals surface area contributed by atoms with Crippen LogP contribution in [-0.2, 0) is 0 Å². The van der Waals surface area contributed by atoms with Crippen LogP contribution in [0.3, 0.4) is 0 Å². The standard InChI is InChI=1S/C14H18N4OS/c1-19-12-9-5-4-8-11(12)13-16-17-14(18(13)15)20-10-6-2-3-7-10/h4-5,8-10H,2-3,6-7,15H2,1H3. The first kappa shape index (κ1) is 13.3. The Hall–Kier alpha value is -1.69. The summed E-state index contributed by atoms with van der Waals surface area (Å²) in [5.74, 6) is 7.55. The van der Waals surface area contributed by atoms with Gasteiger partial charge in [0.25, 0.3) is 0 Å². The number of aromatic nitrogens is 3. The Morgan fingerprint density at radius 2 is 2.00 bits per heavy atom. The number of nitrogen functional groups attached to an aromatic ring is 1. The van der Waals surface area contributed by atoms with Crippen LogP contribution in [0.2, 0.25) is 0 Å². The van der Waals surface area contributed by atoms with E-state index in [2.05, 4.69) is 10.2 Å². The van der Waals surface area contributed by atoms with Crippen LogP contribution in [-0.4, -0.2) is 27.2 Å². The van der Waals surface area contributed by atoms with Gasteiger partial charge in [-0.1, -0.05) is 36.7 Å². The number of hydrogen-bond donors (Lipinski definition) is 1. The van der Waals surface area contributed by atoms with Crippen LogP contribution >= 0.6 is 11.8 Å². The molecule has 20 heavy (non-hydrogen) atoms. The number of nitrogens with zero attached hydrogens (tertiary/aromatic N) is 3. The lowest BCUT2D eigenvalue weighted by Crippen LogP contribution is -2.13. The molecular weight excluding hydrogens is 272 g/mol. The second-order valence-corrected chi connectivity index (χ2v) is 6.17. The molecular formula is C14H18N4OS. The quantitative estimate of drug-likeness (QED) is 0.877. The average molecular weight is 290 g/mol. The van der Waals surface area contributed by atoms with Gasteiger partial charge in [0.15, 0.2) is 5.82 Å². The molecule has 106 valence electrons. The third-order valence-electron chi connectivity index (χ3n) is 3.59. The zero-order valence-electron chi connectivity index (χ0n) is 11.5. The Morgan fingerprint density at radius 3 is 2.75 bits per heavy atom. The lowest BCUT2D eigenvalue weighted by atomic mass is 10.2.